The van der Waals surface area contributed by atoms with Crippen LogP contribution in [0, 0.1) is 30.1 Å². The first-order chi connectivity index (χ1) is 21.9. The lowest BCUT2D eigenvalue weighted by Crippen LogP contribution is -2.59. The Balaban J connectivity index is 1.40. The van der Waals surface area contributed by atoms with Crippen molar-refractivity contribution in [3.05, 3.63) is 35.5 Å². The molecular weight excluding hydrogens is 606 g/mol. The third kappa shape index (κ3) is 6.97. The van der Waals surface area contributed by atoms with Crippen LogP contribution in [0.2, 0.25) is 0 Å². The molecule has 5 atom stereocenters. The molecule has 2 aliphatic heterocycles. The van der Waals surface area contributed by atoms with Crippen molar-refractivity contribution < 1.29 is 24.0 Å². The fraction of sp³-hybridized carbons (Fsp3) is 0.629. The average Bonchev–Trinajstić information content (AvgIpc) is 3.59. The zero-order chi connectivity index (χ0) is 33.2. The molecule has 0 spiro atoms. The van der Waals surface area contributed by atoms with Gasteiger partial charge in [0.05, 0.1) is 11.9 Å². The minimum atomic E-state index is -0.943. The van der Waals surface area contributed by atoms with Gasteiger partial charge in [-0.15, -0.1) is 11.6 Å². The number of Topliss-reactive ketones (excluding diaryl/α,β-unsaturated/α-hetero) is 1. The summed E-state index contributed by atoms with van der Waals surface area (Å²) in [5, 5.41) is 9.77. The van der Waals surface area contributed by atoms with Crippen LogP contribution in [0.15, 0.2) is 24.3 Å². The van der Waals surface area contributed by atoms with Crippen LogP contribution in [-0.2, 0) is 19.2 Å². The first-order valence-corrected chi connectivity index (χ1v) is 17.3. The number of benzene rings is 1. The highest BCUT2D eigenvalue weighted by Gasteiger charge is 2.53. The van der Waals surface area contributed by atoms with Gasteiger partial charge in [0.2, 0.25) is 17.7 Å². The Morgan fingerprint density at radius 2 is 1.80 bits per heavy atom. The summed E-state index contributed by atoms with van der Waals surface area (Å²) in [6, 6.07) is 5.04. The van der Waals surface area contributed by atoms with E-state index < -0.39 is 35.4 Å². The maximum atomic E-state index is 14.6. The molecule has 3 aliphatic rings. The molecule has 0 unspecified atom stereocenters. The molecule has 4 N–H and O–H groups in total. The third-order valence-corrected chi connectivity index (χ3v) is 11.1. The molecule has 2 aromatic rings. The minimum absolute atomic E-state index is 0.0297. The van der Waals surface area contributed by atoms with Crippen molar-refractivity contribution >= 4 is 51.9 Å². The summed E-state index contributed by atoms with van der Waals surface area (Å²) in [5.41, 5.74) is 1.66. The number of nitrogens with zero attached hydrogens (tertiary/aromatic N) is 1. The zero-order valence-electron chi connectivity index (χ0n) is 27.4. The predicted octanol–water partition coefficient (Wildman–Crippen LogP) is 4.24. The van der Waals surface area contributed by atoms with Crippen molar-refractivity contribution in [3.63, 3.8) is 0 Å². The molecule has 1 aromatic carbocycles. The summed E-state index contributed by atoms with van der Waals surface area (Å²) in [6.45, 7) is 8.87. The van der Waals surface area contributed by atoms with E-state index in [2.05, 4.69) is 20.9 Å². The molecule has 11 heteroatoms. The van der Waals surface area contributed by atoms with Crippen molar-refractivity contribution in [2.75, 3.05) is 19.0 Å². The number of nitrogens with one attached hydrogen (secondary N) is 4. The maximum Gasteiger partial charge on any atom is 0.268 e. The highest BCUT2D eigenvalue weighted by Crippen LogP contribution is 2.42. The van der Waals surface area contributed by atoms with E-state index in [0.29, 0.717) is 25.2 Å². The van der Waals surface area contributed by atoms with E-state index in [4.69, 9.17) is 11.6 Å². The lowest BCUT2D eigenvalue weighted by atomic mass is 9.77. The smallest absolute Gasteiger partial charge is 0.268 e. The monoisotopic (exact) mass is 653 g/mol. The number of amides is 4. The number of likely N-dealkylation sites (tertiary alicyclic amines) is 1. The van der Waals surface area contributed by atoms with Crippen molar-refractivity contribution in [2.24, 2.45) is 23.2 Å². The second-order valence-electron chi connectivity index (χ2n) is 14.2. The number of aromatic amines is 1. The quantitative estimate of drug-likeness (QED) is 0.284. The standard InChI is InChI=1S/C35H48ClN5O5/c1-20-10-8-14-25-24(20)17-27(38-25)32(44)40-29(22-11-6-5-7-12-22)34(46)41-19-21(2)35(3,4)30(41)33(45)39-26(28(42)18-36)16-23-13-9-15-37-31(23)43/h8,10,14,17,21-23,26,29-30,38H,5-7,9,11-13,15-16,18-19H2,1-4H3,(H,37,43)(H,39,45)(H,40,44)/t21-,23+,26+,29+,30-/m1/s1. The van der Waals surface area contributed by atoms with E-state index >= 15 is 0 Å². The van der Waals surface area contributed by atoms with Gasteiger partial charge in [-0.2, -0.15) is 0 Å². The van der Waals surface area contributed by atoms with Crippen LogP contribution in [-0.4, -0.2) is 76.4 Å². The zero-order valence-corrected chi connectivity index (χ0v) is 28.2. The number of carbonyl (C=O) groups excluding carboxylic acids is 5. The van der Waals surface area contributed by atoms with Gasteiger partial charge >= 0.3 is 0 Å². The average molecular weight is 654 g/mol. The molecule has 0 radical (unpaired) electrons. The largest absolute Gasteiger partial charge is 0.356 e. The molecule has 3 fully saturated rings. The van der Waals surface area contributed by atoms with Crippen molar-refractivity contribution in [1.82, 2.24) is 25.8 Å². The number of H-pyrrole nitrogens is 1. The molecule has 3 heterocycles. The molecule has 1 saturated carbocycles. The number of alkyl halides is 1. The van der Waals surface area contributed by atoms with Gasteiger partial charge in [0, 0.05) is 29.9 Å². The van der Waals surface area contributed by atoms with Gasteiger partial charge in [-0.25, -0.2) is 0 Å². The Morgan fingerprint density at radius 3 is 2.48 bits per heavy atom. The Morgan fingerprint density at radius 1 is 1.07 bits per heavy atom. The molecule has 2 saturated heterocycles. The predicted molar refractivity (Wildman–Crippen MR) is 177 cm³/mol. The number of ketones is 1. The van der Waals surface area contributed by atoms with Crippen LogP contribution in [0.25, 0.3) is 10.9 Å². The Bertz CT molecular complexity index is 1480. The number of hydrogen-bond acceptors (Lipinski definition) is 5. The molecule has 5 rings (SSSR count). The van der Waals surface area contributed by atoms with Crippen LogP contribution in [0.5, 0.6) is 0 Å². The van der Waals surface area contributed by atoms with Crippen molar-refractivity contribution in [1.29, 1.82) is 0 Å². The van der Waals surface area contributed by atoms with Crippen LogP contribution in [0.3, 0.4) is 0 Å². The van der Waals surface area contributed by atoms with Crippen LogP contribution in [0.4, 0.5) is 0 Å². The lowest BCUT2D eigenvalue weighted by Gasteiger charge is -2.37. The summed E-state index contributed by atoms with van der Waals surface area (Å²) in [7, 11) is 0. The fourth-order valence-corrected chi connectivity index (χ4v) is 7.82. The van der Waals surface area contributed by atoms with Gasteiger partial charge < -0.3 is 25.8 Å². The summed E-state index contributed by atoms with van der Waals surface area (Å²) < 4.78 is 0. The molecule has 46 heavy (non-hydrogen) atoms. The van der Waals surface area contributed by atoms with E-state index in [-0.39, 0.29) is 47.6 Å². The second-order valence-corrected chi connectivity index (χ2v) is 14.5. The number of halogens is 1. The molecule has 10 nitrogen and oxygen atoms in total. The first-order valence-electron chi connectivity index (χ1n) is 16.8. The van der Waals surface area contributed by atoms with Gasteiger partial charge in [0.1, 0.15) is 17.8 Å². The van der Waals surface area contributed by atoms with E-state index in [9.17, 15) is 24.0 Å². The molecule has 250 valence electrons. The number of carbonyl (C=O) groups is 5. The Kier molecular flexibility index (Phi) is 10.4. The molecule has 4 amide bonds. The Hall–Kier alpha value is -3.40. The van der Waals surface area contributed by atoms with Crippen LogP contribution in [0.1, 0.15) is 88.2 Å². The Labute approximate surface area is 276 Å². The van der Waals surface area contributed by atoms with Crippen LogP contribution >= 0.6 is 11.6 Å². The van der Waals surface area contributed by atoms with E-state index in [1.54, 1.807) is 4.90 Å². The van der Waals surface area contributed by atoms with E-state index in [1.807, 2.05) is 52.0 Å². The summed E-state index contributed by atoms with van der Waals surface area (Å²) >= 11 is 5.95. The normalized spacial score (nSPS) is 24.7. The van der Waals surface area contributed by atoms with Crippen LogP contribution < -0.4 is 16.0 Å². The van der Waals surface area contributed by atoms with Gasteiger partial charge in [-0.3, -0.25) is 24.0 Å². The molecular formula is C35H48ClN5O5. The minimum Gasteiger partial charge on any atom is -0.356 e. The number of hydrogen-bond donors (Lipinski definition) is 4. The van der Waals surface area contributed by atoms with E-state index in [1.165, 1.54) is 0 Å². The van der Waals surface area contributed by atoms with Gasteiger partial charge in [-0.1, -0.05) is 52.2 Å². The third-order valence-electron chi connectivity index (χ3n) is 10.8. The number of fused-ring (bicyclic) bond motifs is 1. The van der Waals surface area contributed by atoms with Gasteiger partial charge in [0.15, 0.2) is 5.78 Å². The number of piperidine rings is 1. The first kappa shape index (κ1) is 33.9. The molecule has 0 bridgehead atoms. The highest BCUT2D eigenvalue weighted by atomic mass is 35.5. The van der Waals surface area contributed by atoms with Crippen molar-refractivity contribution in [3.8, 4) is 0 Å². The van der Waals surface area contributed by atoms with Crippen molar-refractivity contribution in [2.45, 2.75) is 97.2 Å². The second kappa shape index (κ2) is 14.2. The summed E-state index contributed by atoms with van der Waals surface area (Å²) in [5.74, 6) is -2.36. The topological polar surface area (TPSA) is 140 Å². The maximum absolute atomic E-state index is 14.6. The van der Waals surface area contributed by atoms with E-state index in [0.717, 1.165) is 55.0 Å². The summed E-state index contributed by atoms with van der Waals surface area (Å²) in [4.78, 5) is 72.7. The summed E-state index contributed by atoms with van der Waals surface area (Å²) in [6.07, 6.45) is 6.23. The molecule has 1 aliphatic carbocycles. The number of aromatic nitrogens is 1. The number of aryl methyl sites for hydroxylation is 1. The highest BCUT2D eigenvalue weighted by molar-refractivity contribution is 6.28. The molecule has 1 aromatic heterocycles. The van der Waals surface area contributed by atoms with Gasteiger partial charge in [-0.05, 0) is 74.0 Å². The number of rotatable bonds is 10. The lowest BCUT2D eigenvalue weighted by molar-refractivity contribution is -0.144. The van der Waals surface area contributed by atoms with Gasteiger partial charge in [0.25, 0.3) is 5.91 Å². The fourth-order valence-electron chi connectivity index (χ4n) is 7.64. The SMILES string of the molecule is Cc1cccc2[nH]c(C(=O)N[C@H](C(=O)N3C[C@@H](C)C(C)(C)[C@H]3C(=O)N[C@@H](C[C@@H]3CCCNC3=O)C(=O)CCl)C3CCCCC3)cc12.